The minimum atomic E-state index is -1.14. The lowest BCUT2D eigenvalue weighted by Gasteiger charge is -2.18. The van der Waals surface area contributed by atoms with E-state index in [0.717, 1.165) is 23.7 Å². The maximum absolute atomic E-state index is 12.7. The molecule has 1 aromatic carbocycles. The van der Waals surface area contributed by atoms with Crippen LogP contribution >= 0.6 is 0 Å². The van der Waals surface area contributed by atoms with E-state index in [9.17, 15) is 19.1 Å². The fourth-order valence-electron chi connectivity index (χ4n) is 2.89. The van der Waals surface area contributed by atoms with Crippen LogP contribution in [0.25, 0.3) is 10.9 Å². The van der Waals surface area contributed by atoms with Gasteiger partial charge in [-0.1, -0.05) is 18.2 Å². The van der Waals surface area contributed by atoms with Crippen LogP contribution < -0.4 is 5.32 Å². The molecule has 6 nitrogen and oxygen atoms in total. The van der Waals surface area contributed by atoms with Crippen molar-refractivity contribution in [3.63, 3.8) is 0 Å². The summed E-state index contributed by atoms with van der Waals surface area (Å²) in [6.07, 6.45) is 2.76. The quantitative estimate of drug-likeness (QED) is 0.529. The summed E-state index contributed by atoms with van der Waals surface area (Å²) < 4.78 is 18.8. The molecule has 0 spiro atoms. The van der Waals surface area contributed by atoms with Crippen molar-refractivity contribution in [1.82, 2.24) is 9.88 Å². The Bertz CT molecular complexity index is 757. The Labute approximate surface area is 151 Å². The van der Waals surface area contributed by atoms with Gasteiger partial charge in [-0.3, -0.25) is 9.18 Å². The van der Waals surface area contributed by atoms with E-state index in [2.05, 4.69) is 10.1 Å². The molecule has 142 valence electrons. The van der Waals surface area contributed by atoms with E-state index >= 15 is 0 Å². The third kappa shape index (κ3) is 4.60. The molecule has 26 heavy (non-hydrogen) atoms. The number of hydrogen-bond acceptors (Lipinski definition) is 4. The Morgan fingerprint density at radius 1 is 1.27 bits per heavy atom. The number of aliphatic hydroxyl groups is 1. The number of ether oxygens (including phenoxy) is 1. The number of nitrogens with zero attached hydrogens (tertiary/aromatic N) is 1. The summed E-state index contributed by atoms with van der Waals surface area (Å²) in [4.78, 5) is 24.4. The predicted molar refractivity (Wildman–Crippen MR) is 96.7 cm³/mol. The van der Waals surface area contributed by atoms with E-state index in [-0.39, 0.29) is 6.67 Å². The average molecular weight is 364 g/mol. The zero-order chi connectivity index (χ0) is 19.1. The van der Waals surface area contributed by atoms with Crippen LogP contribution in [0.3, 0.4) is 0 Å². The van der Waals surface area contributed by atoms with Crippen molar-refractivity contribution in [2.24, 2.45) is 0 Å². The standard InChI is InChI=1S/C19H25FN2O4/c1-13(23)17(19(25)26-2)21-18(24)15-12-22(11-7-3-6-10-20)16-9-5-4-8-14(15)16/h4-5,8-9,12-13,17,23H,3,6-7,10-11H2,1-2H3,(H,21,24)/t13-,17+/m1/s1. The van der Waals surface area contributed by atoms with Gasteiger partial charge in [-0.15, -0.1) is 0 Å². The highest BCUT2D eigenvalue weighted by atomic mass is 19.1. The molecule has 0 fully saturated rings. The van der Waals surface area contributed by atoms with Crippen molar-refractivity contribution in [3.8, 4) is 0 Å². The lowest BCUT2D eigenvalue weighted by molar-refractivity contribution is -0.145. The number of esters is 1. The molecule has 0 unspecified atom stereocenters. The number of halogens is 1. The summed E-state index contributed by atoms with van der Waals surface area (Å²) in [7, 11) is 1.20. The minimum Gasteiger partial charge on any atom is -0.467 e. The minimum absolute atomic E-state index is 0.325. The van der Waals surface area contributed by atoms with Crippen molar-refractivity contribution in [1.29, 1.82) is 0 Å². The number of carbonyl (C=O) groups is 2. The second-order valence-electron chi connectivity index (χ2n) is 6.22. The Morgan fingerprint density at radius 3 is 2.65 bits per heavy atom. The van der Waals surface area contributed by atoms with Gasteiger partial charge in [0.1, 0.15) is 0 Å². The van der Waals surface area contributed by atoms with Crippen molar-refractivity contribution < 1.29 is 23.8 Å². The van der Waals surface area contributed by atoms with Gasteiger partial charge in [-0.05, 0) is 32.3 Å². The highest BCUT2D eigenvalue weighted by molar-refractivity contribution is 6.08. The maximum atomic E-state index is 12.7. The van der Waals surface area contributed by atoms with Gasteiger partial charge in [0, 0.05) is 23.6 Å². The number of amides is 1. The highest BCUT2D eigenvalue weighted by Crippen LogP contribution is 2.22. The first kappa shape index (κ1) is 19.9. The van der Waals surface area contributed by atoms with Gasteiger partial charge in [0.25, 0.3) is 5.91 Å². The molecule has 7 heteroatoms. The molecule has 1 heterocycles. The van der Waals surface area contributed by atoms with Crippen LogP contribution in [0.15, 0.2) is 30.5 Å². The zero-order valence-electron chi connectivity index (χ0n) is 15.1. The molecule has 0 saturated heterocycles. The highest BCUT2D eigenvalue weighted by Gasteiger charge is 2.28. The number of methoxy groups -OCH3 is 1. The molecule has 0 aliphatic heterocycles. The van der Waals surface area contributed by atoms with Gasteiger partial charge >= 0.3 is 5.97 Å². The summed E-state index contributed by atoms with van der Waals surface area (Å²) in [5, 5.41) is 13.0. The van der Waals surface area contributed by atoms with Crippen LogP contribution in [0.4, 0.5) is 4.39 Å². The molecule has 0 aliphatic rings. The van der Waals surface area contributed by atoms with Crippen LogP contribution in [-0.4, -0.2) is 47.5 Å². The number of benzene rings is 1. The van der Waals surface area contributed by atoms with Gasteiger partial charge in [0.2, 0.25) is 0 Å². The van der Waals surface area contributed by atoms with Crippen LogP contribution in [-0.2, 0) is 16.1 Å². The number of para-hydroxylation sites is 1. The van der Waals surface area contributed by atoms with Crippen molar-refractivity contribution in [3.05, 3.63) is 36.0 Å². The lowest BCUT2D eigenvalue weighted by atomic mass is 10.1. The molecular formula is C19H25FN2O4. The van der Waals surface area contributed by atoms with Crippen molar-refractivity contribution in [2.45, 2.75) is 44.9 Å². The normalized spacial score (nSPS) is 13.4. The molecule has 1 amide bonds. The topological polar surface area (TPSA) is 80.6 Å². The molecular weight excluding hydrogens is 339 g/mol. The zero-order valence-corrected chi connectivity index (χ0v) is 15.1. The molecule has 2 atom stereocenters. The first-order valence-corrected chi connectivity index (χ1v) is 8.70. The van der Waals surface area contributed by atoms with E-state index in [1.54, 1.807) is 6.20 Å². The number of carbonyl (C=O) groups excluding carboxylic acids is 2. The van der Waals surface area contributed by atoms with Crippen molar-refractivity contribution in [2.75, 3.05) is 13.8 Å². The largest absolute Gasteiger partial charge is 0.467 e. The summed E-state index contributed by atoms with van der Waals surface area (Å²) in [6, 6.07) is 6.32. The SMILES string of the molecule is COC(=O)[C@@H](NC(=O)c1cn(CCCCCF)c2ccccc12)[C@@H](C)O. The number of unbranched alkanes of at least 4 members (excludes halogenated alkanes) is 2. The number of nitrogens with one attached hydrogen (secondary N) is 1. The van der Waals surface area contributed by atoms with Crippen LogP contribution in [0, 0.1) is 0 Å². The van der Waals surface area contributed by atoms with Crippen LogP contribution in [0.1, 0.15) is 36.5 Å². The number of rotatable bonds is 9. The van der Waals surface area contributed by atoms with Gasteiger partial charge in [0.05, 0.1) is 25.5 Å². The Morgan fingerprint density at radius 2 is 2.00 bits per heavy atom. The first-order chi connectivity index (χ1) is 12.5. The average Bonchev–Trinajstić information content (AvgIpc) is 3.01. The summed E-state index contributed by atoms with van der Waals surface area (Å²) in [5.41, 5.74) is 1.31. The monoisotopic (exact) mass is 364 g/mol. The molecule has 1 aromatic heterocycles. The molecule has 2 N–H and O–H groups in total. The van der Waals surface area contributed by atoms with Gasteiger partial charge in [-0.25, -0.2) is 4.79 Å². The summed E-state index contributed by atoms with van der Waals surface area (Å²) >= 11 is 0. The summed E-state index contributed by atoms with van der Waals surface area (Å²) in [6.45, 7) is 1.76. The smallest absolute Gasteiger partial charge is 0.331 e. The third-order valence-corrected chi connectivity index (χ3v) is 4.29. The molecule has 0 bridgehead atoms. The molecule has 0 aliphatic carbocycles. The van der Waals surface area contributed by atoms with Crippen LogP contribution in [0.5, 0.6) is 0 Å². The number of aryl methyl sites for hydroxylation is 1. The molecule has 2 rings (SSSR count). The first-order valence-electron chi connectivity index (χ1n) is 8.70. The maximum Gasteiger partial charge on any atom is 0.331 e. The van der Waals surface area contributed by atoms with Crippen LogP contribution in [0.2, 0.25) is 0 Å². The lowest BCUT2D eigenvalue weighted by Crippen LogP contribution is -2.48. The van der Waals surface area contributed by atoms with Gasteiger partial charge in [0.15, 0.2) is 6.04 Å². The van der Waals surface area contributed by atoms with E-state index < -0.39 is 24.0 Å². The second kappa shape index (κ2) is 9.33. The number of hydrogen-bond donors (Lipinski definition) is 2. The Balaban J connectivity index is 2.25. The van der Waals surface area contributed by atoms with E-state index in [1.165, 1.54) is 14.0 Å². The molecule has 0 saturated carbocycles. The number of aliphatic hydroxyl groups excluding tert-OH is 1. The van der Waals surface area contributed by atoms with Crippen molar-refractivity contribution >= 4 is 22.8 Å². The van der Waals surface area contributed by atoms with E-state index in [4.69, 9.17) is 0 Å². The Kier molecular flexibility index (Phi) is 7.15. The van der Waals surface area contributed by atoms with E-state index in [0.29, 0.717) is 18.5 Å². The third-order valence-electron chi connectivity index (χ3n) is 4.29. The number of aromatic nitrogens is 1. The molecule has 0 radical (unpaired) electrons. The number of fused-ring (bicyclic) bond motifs is 1. The van der Waals surface area contributed by atoms with Gasteiger partial charge in [-0.2, -0.15) is 0 Å². The fourth-order valence-corrected chi connectivity index (χ4v) is 2.89. The fraction of sp³-hybridized carbons (Fsp3) is 0.474. The predicted octanol–water partition coefficient (Wildman–Crippen LogP) is 2.43. The second-order valence-corrected chi connectivity index (χ2v) is 6.22. The summed E-state index contributed by atoms with van der Waals surface area (Å²) in [5.74, 6) is -1.16. The van der Waals surface area contributed by atoms with Gasteiger partial charge < -0.3 is 19.7 Å². The van der Waals surface area contributed by atoms with E-state index in [1.807, 2.05) is 28.8 Å². The Hall–Kier alpha value is -2.41. The number of alkyl halides is 1. The molecule has 2 aromatic rings.